The molecular formula is C13H13NO2. The van der Waals surface area contributed by atoms with E-state index >= 15 is 0 Å². The van der Waals surface area contributed by atoms with E-state index in [1.165, 1.54) is 17.1 Å². The molecule has 1 aliphatic rings. The SMILES string of the molecule is CCCc1ccccc1N1C(=O)C=CC1=O. The molecule has 0 radical (unpaired) electrons. The highest BCUT2D eigenvalue weighted by molar-refractivity contribution is 6.28. The topological polar surface area (TPSA) is 37.4 Å². The van der Waals surface area contributed by atoms with E-state index in [4.69, 9.17) is 0 Å². The van der Waals surface area contributed by atoms with Gasteiger partial charge in [0.15, 0.2) is 0 Å². The summed E-state index contributed by atoms with van der Waals surface area (Å²) in [5.41, 5.74) is 1.75. The summed E-state index contributed by atoms with van der Waals surface area (Å²) < 4.78 is 0. The number of carbonyl (C=O) groups is 2. The Balaban J connectivity index is 2.40. The first-order chi connectivity index (χ1) is 7.74. The predicted molar refractivity (Wildman–Crippen MR) is 62.1 cm³/mol. The van der Waals surface area contributed by atoms with Crippen LogP contribution in [0, 0.1) is 0 Å². The number of carbonyl (C=O) groups excluding carboxylic acids is 2. The summed E-state index contributed by atoms with van der Waals surface area (Å²) in [6.07, 6.45) is 4.48. The summed E-state index contributed by atoms with van der Waals surface area (Å²) in [6.45, 7) is 2.07. The van der Waals surface area contributed by atoms with Crippen LogP contribution in [0.1, 0.15) is 18.9 Å². The monoisotopic (exact) mass is 215 g/mol. The fourth-order valence-electron chi connectivity index (χ4n) is 1.85. The standard InChI is InChI=1S/C13H13NO2/c1-2-5-10-6-3-4-7-11(10)14-12(15)8-9-13(14)16/h3-4,6-9H,2,5H2,1H3. The van der Waals surface area contributed by atoms with Gasteiger partial charge >= 0.3 is 0 Å². The fourth-order valence-corrected chi connectivity index (χ4v) is 1.85. The van der Waals surface area contributed by atoms with E-state index < -0.39 is 0 Å². The third-order valence-corrected chi connectivity index (χ3v) is 2.56. The Morgan fingerprint density at radius 1 is 1.06 bits per heavy atom. The molecule has 1 heterocycles. The van der Waals surface area contributed by atoms with E-state index in [-0.39, 0.29) is 11.8 Å². The first-order valence-electron chi connectivity index (χ1n) is 5.38. The van der Waals surface area contributed by atoms with Gasteiger partial charge in [0.2, 0.25) is 0 Å². The molecule has 0 bridgehead atoms. The molecule has 0 aliphatic carbocycles. The van der Waals surface area contributed by atoms with Crippen molar-refractivity contribution in [2.45, 2.75) is 19.8 Å². The smallest absolute Gasteiger partial charge is 0.258 e. The molecule has 16 heavy (non-hydrogen) atoms. The third-order valence-electron chi connectivity index (χ3n) is 2.56. The van der Waals surface area contributed by atoms with Crippen molar-refractivity contribution in [2.24, 2.45) is 0 Å². The molecule has 0 spiro atoms. The Labute approximate surface area is 94.4 Å². The molecule has 1 aromatic carbocycles. The second kappa shape index (κ2) is 4.31. The number of aryl methyl sites for hydroxylation is 1. The highest BCUT2D eigenvalue weighted by atomic mass is 16.2. The van der Waals surface area contributed by atoms with Crippen molar-refractivity contribution in [1.29, 1.82) is 0 Å². The number of para-hydroxylation sites is 1. The molecule has 0 saturated carbocycles. The van der Waals surface area contributed by atoms with Crippen LogP contribution in [-0.2, 0) is 16.0 Å². The van der Waals surface area contributed by atoms with Gasteiger partial charge in [0, 0.05) is 12.2 Å². The van der Waals surface area contributed by atoms with Gasteiger partial charge in [0.05, 0.1) is 5.69 Å². The Bertz CT molecular complexity index is 445. The Kier molecular flexibility index (Phi) is 2.86. The number of benzene rings is 1. The van der Waals surface area contributed by atoms with Crippen LogP contribution >= 0.6 is 0 Å². The van der Waals surface area contributed by atoms with Gasteiger partial charge in [0.25, 0.3) is 11.8 Å². The normalized spacial score (nSPS) is 14.9. The number of hydrogen-bond donors (Lipinski definition) is 0. The number of anilines is 1. The number of hydrogen-bond acceptors (Lipinski definition) is 2. The van der Waals surface area contributed by atoms with E-state index in [0.29, 0.717) is 5.69 Å². The maximum Gasteiger partial charge on any atom is 0.258 e. The van der Waals surface area contributed by atoms with E-state index in [1.54, 1.807) is 0 Å². The zero-order chi connectivity index (χ0) is 11.5. The summed E-state index contributed by atoms with van der Waals surface area (Å²) in [5.74, 6) is -0.512. The van der Waals surface area contributed by atoms with Gasteiger partial charge in [-0.3, -0.25) is 9.59 Å². The van der Waals surface area contributed by atoms with Crippen LogP contribution in [0.4, 0.5) is 5.69 Å². The van der Waals surface area contributed by atoms with Crippen molar-refractivity contribution >= 4 is 17.5 Å². The van der Waals surface area contributed by atoms with E-state index in [1.807, 2.05) is 24.3 Å². The van der Waals surface area contributed by atoms with Crippen molar-refractivity contribution in [3.05, 3.63) is 42.0 Å². The minimum absolute atomic E-state index is 0.256. The van der Waals surface area contributed by atoms with E-state index in [2.05, 4.69) is 6.92 Å². The van der Waals surface area contributed by atoms with Crippen molar-refractivity contribution in [2.75, 3.05) is 4.90 Å². The fraction of sp³-hybridized carbons (Fsp3) is 0.231. The lowest BCUT2D eigenvalue weighted by Crippen LogP contribution is -2.30. The maximum absolute atomic E-state index is 11.6. The van der Waals surface area contributed by atoms with Crippen LogP contribution in [-0.4, -0.2) is 11.8 Å². The largest absolute Gasteiger partial charge is 0.269 e. The first-order valence-corrected chi connectivity index (χ1v) is 5.38. The van der Waals surface area contributed by atoms with Crippen molar-refractivity contribution in [3.8, 4) is 0 Å². The van der Waals surface area contributed by atoms with Gasteiger partial charge in [-0.1, -0.05) is 31.5 Å². The lowest BCUT2D eigenvalue weighted by Gasteiger charge is -2.17. The summed E-state index contributed by atoms with van der Waals surface area (Å²) in [4.78, 5) is 24.3. The Morgan fingerprint density at radius 3 is 2.31 bits per heavy atom. The molecule has 3 heteroatoms. The third kappa shape index (κ3) is 1.76. The lowest BCUT2D eigenvalue weighted by molar-refractivity contribution is -0.119. The number of rotatable bonds is 3. The Morgan fingerprint density at radius 2 is 1.69 bits per heavy atom. The molecule has 3 nitrogen and oxygen atoms in total. The van der Waals surface area contributed by atoms with E-state index in [9.17, 15) is 9.59 Å². The van der Waals surface area contributed by atoms with Crippen LogP contribution in [0.25, 0.3) is 0 Å². The molecule has 0 atom stereocenters. The average molecular weight is 215 g/mol. The average Bonchev–Trinajstić information content (AvgIpc) is 2.60. The minimum atomic E-state index is -0.256. The molecule has 2 rings (SSSR count). The highest BCUT2D eigenvalue weighted by Crippen LogP contribution is 2.24. The van der Waals surface area contributed by atoms with E-state index in [0.717, 1.165) is 18.4 Å². The molecule has 0 N–H and O–H groups in total. The van der Waals surface area contributed by atoms with Gasteiger partial charge in [-0.25, -0.2) is 4.90 Å². The molecule has 2 amide bonds. The zero-order valence-corrected chi connectivity index (χ0v) is 9.14. The molecule has 0 saturated heterocycles. The van der Waals surface area contributed by atoms with Crippen molar-refractivity contribution < 1.29 is 9.59 Å². The summed E-state index contributed by atoms with van der Waals surface area (Å²) >= 11 is 0. The molecular weight excluding hydrogens is 202 g/mol. The first kappa shape index (κ1) is 10.6. The van der Waals surface area contributed by atoms with Gasteiger partial charge in [-0.2, -0.15) is 0 Å². The van der Waals surface area contributed by atoms with Crippen molar-refractivity contribution in [3.63, 3.8) is 0 Å². The van der Waals surface area contributed by atoms with Crippen LogP contribution in [0.15, 0.2) is 36.4 Å². The van der Waals surface area contributed by atoms with Crippen LogP contribution in [0.2, 0.25) is 0 Å². The van der Waals surface area contributed by atoms with Crippen LogP contribution < -0.4 is 4.90 Å². The number of imide groups is 1. The molecule has 1 aliphatic heterocycles. The second-order valence-corrected chi connectivity index (χ2v) is 3.72. The molecule has 1 aromatic rings. The predicted octanol–water partition coefficient (Wildman–Crippen LogP) is 2.07. The van der Waals surface area contributed by atoms with Gasteiger partial charge in [-0.15, -0.1) is 0 Å². The summed E-state index contributed by atoms with van der Waals surface area (Å²) in [6, 6.07) is 7.53. The summed E-state index contributed by atoms with van der Waals surface area (Å²) in [5, 5.41) is 0. The van der Waals surface area contributed by atoms with Crippen molar-refractivity contribution in [1.82, 2.24) is 0 Å². The van der Waals surface area contributed by atoms with Gasteiger partial charge in [0.1, 0.15) is 0 Å². The highest BCUT2D eigenvalue weighted by Gasteiger charge is 2.26. The molecule has 0 unspecified atom stereocenters. The quantitative estimate of drug-likeness (QED) is 0.724. The lowest BCUT2D eigenvalue weighted by atomic mass is 10.1. The van der Waals surface area contributed by atoms with Crippen LogP contribution in [0.5, 0.6) is 0 Å². The number of nitrogens with zero attached hydrogens (tertiary/aromatic N) is 1. The second-order valence-electron chi connectivity index (χ2n) is 3.72. The Hall–Kier alpha value is -1.90. The maximum atomic E-state index is 11.6. The van der Waals surface area contributed by atoms with Gasteiger partial charge < -0.3 is 0 Å². The van der Waals surface area contributed by atoms with Gasteiger partial charge in [-0.05, 0) is 18.1 Å². The van der Waals surface area contributed by atoms with Crippen LogP contribution in [0.3, 0.4) is 0 Å². The zero-order valence-electron chi connectivity index (χ0n) is 9.14. The minimum Gasteiger partial charge on any atom is -0.269 e. The summed E-state index contributed by atoms with van der Waals surface area (Å²) in [7, 11) is 0. The molecule has 0 aromatic heterocycles. The molecule has 0 fully saturated rings. The molecule has 82 valence electrons. The number of amides is 2.